The van der Waals surface area contributed by atoms with E-state index in [2.05, 4.69) is 0 Å². The molecule has 0 bridgehead atoms. The Labute approximate surface area is 431 Å². The number of carbonyl (C=O) groups excluding carboxylic acids is 6. The minimum atomic E-state index is -1.40. The Bertz CT molecular complexity index is 3870. The lowest BCUT2D eigenvalue weighted by Gasteiger charge is -2.18. The normalized spacial score (nSPS) is 10.8. The van der Waals surface area contributed by atoms with E-state index in [1.54, 1.807) is 0 Å². The number of fused-ring (bicyclic) bond motifs is 1. The molecule has 0 amide bonds. The number of carbonyl (C=O) groups is 6. The summed E-state index contributed by atoms with van der Waals surface area (Å²) in [6, 6.07) is 34.1. The molecule has 0 radical (unpaired) electrons. The first-order chi connectivity index (χ1) is 37.1. The number of phenolic OH excluding ortho intramolecular Hbond substituents is 6. The standard InChI is InChI=1S/C57H34O20/c58-37-19-7-1-13-31(37)52(65)71-30-27-43-47(44(28-30)73-53(66)32-14-2-8-20-38(32)59)48(64)51(77-57(70)36-18-6-12-24-42(36)63)49(72-43)29-25-45(74-54(67)33-15-3-9-21-39(33)60)50(76-56(69)35-17-5-11-23-41(35)62)46(26-29)75-55(68)34-16-4-10-22-40(34)61/h1-28,58-63H. The van der Waals surface area contributed by atoms with Gasteiger partial charge in [0, 0.05) is 17.7 Å². The number of hydrogen-bond donors (Lipinski definition) is 6. The van der Waals surface area contributed by atoms with Gasteiger partial charge in [-0.15, -0.1) is 0 Å². The fourth-order valence-corrected chi connectivity index (χ4v) is 7.42. The van der Waals surface area contributed by atoms with Gasteiger partial charge in [0.25, 0.3) is 0 Å². The van der Waals surface area contributed by atoms with Crippen molar-refractivity contribution in [3.05, 3.63) is 213 Å². The smallest absolute Gasteiger partial charge is 0.347 e. The molecule has 0 fully saturated rings. The molecule has 6 N–H and O–H groups in total. The molecule has 1 aromatic heterocycles. The van der Waals surface area contributed by atoms with Crippen LogP contribution in [0.15, 0.2) is 179 Å². The second-order valence-electron chi connectivity index (χ2n) is 16.1. The van der Waals surface area contributed by atoms with E-state index >= 15 is 4.79 Å². The molecule has 0 aliphatic rings. The van der Waals surface area contributed by atoms with Crippen LogP contribution >= 0.6 is 0 Å². The second kappa shape index (κ2) is 21.4. The van der Waals surface area contributed by atoms with Gasteiger partial charge < -0.3 is 63.5 Å². The van der Waals surface area contributed by atoms with E-state index in [0.29, 0.717) is 0 Å². The van der Waals surface area contributed by atoms with Crippen LogP contribution in [0.25, 0.3) is 22.3 Å². The van der Waals surface area contributed by atoms with Crippen molar-refractivity contribution >= 4 is 46.8 Å². The van der Waals surface area contributed by atoms with Crippen LogP contribution in [0.1, 0.15) is 62.1 Å². The zero-order valence-corrected chi connectivity index (χ0v) is 39.1. The molecule has 382 valence electrons. The first-order valence-corrected chi connectivity index (χ1v) is 22.4. The van der Waals surface area contributed by atoms with E-state index in [1.165, 1.54) is 91.0 Å². The summed E-state index contributed by atoms with van der Waals surface area (Å²) < 4.78 is 40.5. The molecule has 20 heteroatoms. The molecule has 1 heterocycles. The van der Waals surface area contributed by atoms with E-state index in [1.807, 2.05) is 0 Å². The highest BCUT2D eigenvalue weighted by molar-refractivity contribution is 6.01. The van der Waals surface area contributed by atoms with Crippen LogP contribution in [0.4, 0.5) is 0 Å². The first-order valence-electron chi connectivity index (χ1n) is 22.4. The SMILES string of the molecule is O=C(Oc1cc(OC(=O)c2ccccc2O)c2c(=O)c(OC(=O)c3ccccc3O)c(-c3cc(OC(=O)c4ccccc4O)c(OC(=O)c4ccccc4O)c(OC(=O)c4ccccc4O)c3)oc2c1)c1ccccc1O. The van der Waals surface area contributed by atoms with E-state index in [4.69, 9.17) is 32.8 Å². The average Bonchev–Trinajstić information content (AvgIpc) is 3.43. The predicted molar refractivity (Wildman–Crippen MR) is 266 cm³/mol. The Hall–Kier alpha value is -11.4. The van der Waals surface area contributed by atoms with Gasteiger partial charge in [-0.1, -0.05) is 72.8 Å². The van der Waals surface area contributed by atoms with Gasteiger partial charge in [0.2, 0.25) is 16.9 Å². The molecule has 0 spiro atoms. The van der Waals surface area contributed by atoms with Crippen molar-refractivity contribution in [1.29, 1.82) is 0 Å². The first kappa shape index (κ1) is 50.5. The largest absolute Gasteiger partial charge is 0.507 e. The summed E-state index contributed by atoms with van der Waals surface area (Å²) in [6.45, 7) is 0. The van der Waals surface area contributed by atoms with E-state index in [0.717, 1.165) is 78.9 Å². The molecule has 77 heavy (non-hydrogen) atoms. The molecule has 0 saturated carbocycles. The Balaban J connectivity index is 1.33. The van der Waals surface area contributed by atoms with Crippen LogP contribution in [-0.2, 0) is 0 Å². The Morgan fingerprint density at radius 1 is 0.338 bits per heavy atom. The minimum absolute atomic E-state index is 0.339. The van der Waals surface area contributed by atoms with Gasteiger partial charge in [-0.25, -0.2) is 28.8 Å². The highest BCUT2D eigenvalue weighted by atomic mass is 16.6. The lowest BCUT2D eigenvalue weighted by atomic mass is 10.1. The third-order valence-electron chi connectivity index (χ3n) is 11.1. The lowest BCUT2D eigenvalue weighted by Crippen LogP contribution is -2.18. The Morgan fingerprint density at radius 2 is 0.636 bits per heavy atom. The zero-order chi connectivity index (χ0) is 54.5. The lowest BCUT2D eigenvalue weighted by molar-refractivity contribution is 0.0653. The molecule has 0 atom stereocenters. The minimum Gasteiger partial charge on any atom is -0.507 e. The molecular weight excluding hydrogens is 1000 g/mol. The van der Waals surface area contributed by atoms with Gasteiger partial charge in [0.1, 0.15) is 90.3 Å². The average molecular weight is 1040 g/mol. The van der Waals surface area contributed by atoms with Crippen LogP contribution in [0, 0.1) is 0 Å². The maximum atomic E-state index is 15.3. The van der Waals surface area contributed by atoms with Gasteiger partial charge in [-0.05, 0) is 84.9 Å². The highest BCUT2D eigenvalue weighted by Gasteiger charge is 2.32. The number of benzene rings is 8. The van der Waals surface area contributed by atoms with Gasteiger partial charge in [0.15, 0.2) is 17.3 Å². The summed E-state index contributed by atoms with van der Waals surface area (Å²) in [4.78, 5) is 98.4. The third-order valence-corrected chi connectivity index (χ3v) is 11.1. The number of para-hydroxylation sites is 6. The molecule has 0 aliphatic heterocycles. The number of rotatable bonds is 13. The highest BCUT2D eigenvalue weighted by Crippen LogP contribution is 2.47. The number of aromatic hydroxyl groups is 6. The summed E-state index contributed by atoms with van der Waals surface area (Å²) in [5, 5.41) is 63.0. The second-order valence-corrected chi connectivity index (χ2v) is 16.1. The molecule has 0 unspecified atom stereocenters. The van der Waals surface area contributed by atoms with Crippen molar-refractivity contribution in [2.75, 3.05) is 0 Å². The third kappa shape index (κ3) is 10.6. The van der Waals surface area contributed by atoms with Gasteiger partial charge >= 0.3 is 35.8 Å². The quantitative estimate of drug-likeness (QED) is 0.0463. The van der Waals surface area contributed by atoms with Crippen molar-refractivity contribution in [2.45, 2.75) is 0 Å². The predicted octanol–water partition coefficient (Wildman–Crippen LogP) is 9.01. The summed E-state index contributed by atoms with van der Waals surface area (Å²) in [7, 11) is 0. The molecular formula is C57H34O20. The van der Waals surface area contributed by atoms with Crippen LogP contribution in [0.2, 0.25) is 0 Å². The Kier molecular flexibility index (Phi) is 14.0. The molecule has 8 aromatic carbocycles. The van der Waals surface area contributed by atoms with Crippen molar-refractivity contribution in [3.8, 4) is 80.3 Å². The van der Waals surface area contributed by atoms with Gasteiger partial charge in [-0.2, -0.15) is 0 Å². The van der Waals surface area contributed by atoms with Crippen LogP contribution in [0.5, 0.6) is 69.0 Å². The molecule has 0 aliphatic carbocycles. The van der Waals surface area contributed by atoms with E-state index in [-0.39, 0.29) is 5.56 Å². The van der Waals surface area contributed by atoms with Crippen molar-refractivity contribution in [2.24, 2.45) is 0 Å². The fourth-order valence-electron chi connectivity index (χ4n) is 7.42. The van der Waals surface area contributed by atoms with Crippen LogP contribution in [0.3, 0.4) is 0 Å². The number of phenols is 6. The summed E-state index contributed by atoms with van der Waals surface area (Å²) in [5.41, 5.74) is -5.16. The van der Waals surface area contributed by atoms with Crippen LogP contribution < -0.4 is 33.8 Å². The zero-order valence-electron chi connectivity index (χ0n) is 39.1. The number of ether oxygens (including phenoxy) is 6. The van der Waals surface area contributed by atoms with Crippen molar-refractivity contribution < 1.29 is 92.2 Å². The van der Waals surface area contributed by atoms with Crippen LogP contribution in [-0.4, -0.2) is 66.5 Å². The molecule has 9 aromatic rings. The maximum absolute atomic E-state index is 15.3. The molecule has 0 saturated heterocycles. The topological polar surface area (TPSA) is 309 Å². The number of esters is 6. The van der Waals surface area contributed by atoms with Gasteiger partial charge in [-0.3, -0.25) is 4.79 Å². The molecule has 9 rings (SSSR count). The van der Waals surface area contributed by atoms with E-state index < -0.39 is 160 Å². The number of hydrogen-bond acceptors (Lipinski definition) is 20. The summed E-state index contributed by atoms with van der Waals surface area (Å²) >= 11 is 0. The van der Waals surface area contributed by atoms with E-state index in [9.17, 15) is 59.4 Å². The summed E-state index contributed by atoms with van der Waals surface area (Å²) in [5.74, 6) is -17.1. The summed E-state index contributed by atoms with van der Waals surface area (Å²) in [6.07, 6.45) is 0. The Morgan fingerprint density at radius 3 is 0.987 bits per heavy atom. The molecule has 20 nitrogen and oxygen atoms in total. The van der Waals surface area contributed by atoms with Gasteiger partial charge in [0.05, 0.1) is 0 Å². The van der Waals surface area contributed by atoms with Crippen molar-refractivity contribution in [3.63, 3.8) is 0 Å². The fraction of sp³-hybridized carbons (Fsp3) is 0. The van der Waals surface area contributed by atoms with Crippen molar-refractivity contribution in [1.82, 2.24) is 0 Å². The monoisotopic (exact) mass is 1040 g/mol. The maximum Gasteiger partial charge on any atom is 0.347 e.